The second-order valence-electron chi connectivity index (χ2n) is 6.39. The predicted octanol–water partition coefficient (Wildman–Crippen LogP) is 2.30. The fourth-order valence-corrected chi connectivity index (χ4v) is 4.45. The monoisotopic (exact) mass is 411 g/mol. The summed E-state index contributed by atoms with van der Waals surface area (Å²) < 4.78 is 50.6. The van der Waals surface area contributed by atoms with Crippen molar-refractivity contribution in [3.8, 4) is 0 Å². The average molecular weight is 411 g/mol. The Kier molecular flexibility index (Phi) is 5.33. The normalized spacial score (nSPS) is 22.6. The third-order valence-electron chi connectivity index (χ3n) is 4.26. The molecule has 1 aliphatic heterocycles. The second kappa shape index (κ2) is 7.41. The van der Waals surface area contributed by atoms with Crippen molar-refractivity contribution >= 4 is 27.6 Å². The highest BCUT2D eigenvalue weighted by Crippen LogP contribution is 2.28. The summed E-state index contributed by atoms with van der Waals surface area (Å²) in [6, 6.07) is 1.71. The van der Waals surface area contributed by atoms with Crippen LogP contribution in [0.3, 0.4) is 0 Å². The van der Waals surface area contributed by atoms with Gasteiger partial charge in [-0.05, 0) is 19.1 Å². The maximum Gasteiger partial charge on any atom is 0.280 e. The lowest BCUT2D eigenvalue weighted by atomic mass is 10.1. The van der Waals surface area contributed by atoms with Gasteiger partial charge in [-0.1, -0.05) is 12.2 Å². The summed E-state index contributed by atoms with van der Waals surface area (Å²) in [5.41, 5.74) is 0.0319. The van der Waals surface area contributed by atoms with E-state index in [9.17, 15) is 22.9 Å². The zero-order chi connectivity index (χ0) is 20.6. The lowest BCUT2D eigenvalue weighted by Gasteiger charge is -2.17. The van der Waals surface area contributed by atoms with Gasteiger partial charge in [0.15, 0.2) is 0 Å². The van der Waals surface area contributed by atoms with E-state index in [1.54, 1.807) is 7.05 Å². The number of carbonyl (C=O) groups is 1. The summed E-state index contributed by atoms with van der Waals surface area (Å²) in [4.78, 5) is 16.4. The highest BCUT2D eigenvalue weighted by molar-refractivity contribution is 7.90. The van der Waals surface area contributed by atoms with Crippen LogP contribution < -0.4 is 10.0 Å². The number of hydrogen-bond donors (Lipinski definition) is 4. The van der Waals surface area contributed by atoms with Gasteiger partial charge in [0.05, 0.1) is 17.0 Å². The van der Waals surface area contributed by atoms with Crippen LogP contribution in [-0.4, -0.2) is 36.9 Å². The smallest absolute Gasteiger partial charge is 0.280 e. The van der Waals surface area contributed by atoms with E-state index in [0.29, 0.717) is 0 Å². The highest BCUT2D eigenvalue weighted by Gasteiger charge is 2.29. The Balaban J connectivity index is 2.00. The number of aromatic nitrogens is 2. The third-order valence-corrected chi connectivity index (χ3v) is 5.81. The summed E-state index contributed by atoms with van der Waals surface area (Å²) >= 11 is 0. The number of rotatable bonds is 4. The topological polar surface area (TPSA) is 120 Å². The molecular formula is C17H19F2N5O3S. The average Bonchev–Trinajstić information content (AvgIpc) is 2.89. The number of pyridine rings is 1. The Morgan fingerprint density at radius 2 is 2.21 bits per heavy atom. The summed E-state index contributed by atoms with van der Waals surface area (Å²) in [5.74, 6) is -0.620. The van der Waals surface area contributed by atoms with Crippen molar-refractivity contribution in [3.63, 3.8) is 0 Å². The second-order valence-corrected chi connectivity index (χ2v) is 8.18. The van der Waals surface area contributed by atoms with Crippen LogP contribution in [0.4, 0.5) is 14.5 Å². The van der Waals surface area contributed by atoms with Crippen molar-refractivity contribution in [1.82, 2.24) is 14.3 Å². The molecule has 3 heterocycles. The van der Waals surface area contributed by atoms with Crippen LogP contribution in [0.25, 0.3) is 6.08 Å². The number of amides is 1. The van der Waals surface area contributed by atoms with Crippen molar-refractivity contribution in [2.24, 2.45) is 7.05 Å². The molecule has 0 bridgehead atoms. The summed E-state index contributed by atoms with van der Waals surface area (Å²) in [7, 11) is -1.93. The van der Waals surface area contributed by atoms with E-state index in [2.05, 4.69) is 15.0 Å². The van der Waals surface area contributed by atoms with E-state index >= 15 is 0 Å². The molecule has 0 spiro atoms. The van der Waals surface area contributed by atoms with E-state index in [4.69, 9.17) is 4.78 Å². The molecule has 0 fully saturated rings. The van der Waals surface area contributed by atoms with Crippen molar-refractivity contribution in [2.75, 3.05) is 5.32 Å². The summed E-state index contributed by atoms with van der Waals surface area (Å²) in [6.07, 6.45) is 1.94. The SMILES string of the molecule is CC(O)C1C=Cc2c(cn(C)c2C(=O)Nc2ccnc(C(F)F)c2)S(=N)(=O)N1. The summed E-state index contributed by atoms with van der Waals surface area (Å²) in [6.45, 7) is 1.49. The van der Waals surface area contributed by atoms with Crippen LogP contribution >= 0.6 is 0 Å². The fourth-order valence-electron chi connectivity index (χ4n) is 2.88. The van der Waals surface area contributed by atoms with Crippen molar-refractivity contribution in [3.05, 3.63) is 47.6 Å². The molecular weight excluding hydrogens is 392 g/mol. The first kappa shape index (κ1) is 20.1. The largest absolute Gasteiger partial charge is 0.391 e. The zero-order valence-electron chi connectivity index (χ0n) is 15.0. The molecule has 1 aliphatic rings. The van der Waals surface area contributed by atoms with Crippen LogP contribution in [-0.2, 0) is 17.0 Å². The van der Waals surface area contributed by atoms with Crippen LogP contribution in [0.2, 0.25) is 0 Å². The van der Waals surface area contributed by atoms with Crippen molar-refractivity contribution < 1.29 is 22.9 Å². The van der Waals surface area contributed by atoms with Crippen LogP contribution in [0, 0.1) is 4.78 Å². The predicted molar refractivity (Wildman–Crippen MR) is 99.3 cm³/mol. The molecule has 0 saturated heterocycles. The summed E-state index contributed by atoms with van der Waals surface area (Å²) in [5, 5.41) is 12.3. The van der Waals surface area contributed by atoms with Gasteiger partial charge >= 0.3 is 0 Å². The number of aliphatic hydroxyl groups excluding tert-OH is 1. The molecule has 2 aromatic heterocycles. The number of nitrogens with one attached hydrogen (secondary N) is 3. The van der Waals surface area contributed by atoms with Crippen LogP contribution in [0.15, 0.2) is 35.5 Å². The number of aryl methyl sites for hydroxylation is 1. The molecule has 8 nitrogen and oxygen atoms in total. The molecule has 11 heteroatoms. The number of hydrogen-bond acceptors (Lipinski definition) is 5. The number of nitrogens with zero attached hydrogens (tertiary/aromatic N) is 2. The lowest BCUT2D eigenvalue weighted by Crippen LogP contribution is -2.39. The van der Waals surface area contributed by atoms with Gasteiger partial charge in [0.25, 0.3) is 12.3 Å². The first-order valence-electron chi connectivity index (χ1n) is 8.27. The molecule has 0 saturated carbocycles. The molecule has 2 aromatic rings. The maximum absolute atomic E-state index is 12.8. The number of aliphatic hydroxyl groups is 1. The molecule has 150 valence electrons. The first-order chi connectivity index (χ1) is 13.1. The number of alkyl halides is 2. The van der Waals surface area contributed by atoms with Gasteiger partial charge in [0.2, 0.25) is 0 Å². The Morgan fingerprint density at radius 1 is 1.50 bits per heavy atom. The Morgan fingerprint density at radius 3 is 2.86 bits per heavy atom. The highest BCUT2D eigenvalue weighted by atomic mass is 32.2. The van der Waals surface area contributed by atoms with Gasteiger partial charge in [0.1, 0.15) is 21.3 Å². The van der Waals surface area contributed by atoms with E-state index < -0.39 is 40.1 Å². The van der Waals surface area contributed by atoms with Crippen molar-refractivity contribution in [2.45, 2.75) is 30.4 Å². The third kappa shape index (κ3) is 3.81. The van der Waals surface area contributed by atoms with E-state index in [0.717, 1.165) is 12.3 Å². The van der Waals surface area contributed by atoms with E-state index in [1.807, 2.05) is 0 Å². The molecule has 1 amide bonds. The van der Waals surface area contributed by atoms with Gasteiger partial charge in [0, 0.05) is 30.7 Å². The molecule has 3 atom stereocenters. The minimum absolute atomic E-state index is 0.0996. The molecule has 3 rings (SSSR count). The lowest BCUT2D eigenvalue weighted by molar-refractivity contribution is 0.101. The Labute approximate surface area is 160 Å². The van der Waals surface area contributed by atoms with Gasteiger partial charge in [-0.25, -0.2) is 22.5 Å². The maximum atomic E-state index is 12.8. The van der Waals surface area contributed by atoms with Crippen LogP contribution in [0.1, 0.15) is 35.1 Å². The quantitative estimate of drug-likeness (QED) is 0.617. The first-order valence-corrected chi connectivity index (χ1v) is 9.83. The molecule has 4 N–H and O–H groups in total. The van der Waals surface area contributed by atoms with Crippen molar-refractivity contribution in [1.29, 1.82) is 4.78 Å². The Bertz CT molecular complexity index is 1050. The number of fused-ring (bicyclic) bond motifs is 1. The zero-order valence-corrected chi connectivity index (χ0v) is 15.8. The molecule has 28 heavy (non-hydrogen) atoms. The fraction of sp³-hybridized carbons (Fsp3) is 0.294. The standard InChI is InChI=1S/C17H19F2N5O3S/c1-9(25)12-4-3-11-14(28(20,27)23-12)8-24(2)15(11)17(26)22-10-5-6-21-13(7-10)16(18)19/h3-9,12,16,25H,1-2H3,(H2,20,23,27)(H,21,22,26). The minimum Gasteiger partial charge on any atom is -0.391 e. The number of halogens is 2. The van der Waals surface area contributed by atoms with Crippen LogP contribution in [0.5, 0.6) is 0 Å². The van der Waals surface area contributed by atoms with Gasteiger partial charge in [-0.2, -0.15) is 0 Å². The van der Waals surface area contributed by atoms with Gasteiger partial charge in [-0.15, -0.1) is 0 Å². The van der Waals surface area contributed by atoms with E-state index in [-0.39, 0.29) is 21.8 Å². The molecule has 0 aliphatic carbocycles. The van der Waals surface area contributed by atoms with Gasteiger partial charge < -0.3 is 15.0 Å². The minimum atomic E-state index is -3.48. The number of anilines is 1. The molecule has 0 aromatic carbocycles. The molecule has 3 unspecified atom stereocenters. The van der Waals surface area contributed by atoms with Gasteiger partial charge in [-0.3, -0.25) is 9.78 Å². The van der Waals surface area contributed by atoms with E-state index in [1.165, 1.54) is 35.9 Å². The Hall–Kier alpha value is -2.63. The number of carbonyl (C=O) groups excluding carboxylic acids is 1. The molecule has 0 radical (unpaired) electrons.